The largest absolute Gasteiger partial charge is 0.491 e. The van der Waals surface area contributed by atoms with Gasteiger partial charge in [-0.15, -0.1) is 5.10 Å². The van der Waals surface area contributed by atoms with Gasteiger partial charge in [0.2, 0.25) is 0 Å². The Kier molecular flexibility index (Phi) is 7.17. The van der Waals surface area contributed by atoms with Crippen molar-refractivity contribution < 1.29 is 26.5 Å². The number of carbonyl (C=O) groups is 1. The van der Waals surface area contributed by atoms with E-state index in [1.165, 1.54) is 23.1 Å². The lowest BCUT2D eigenvalue weighted by Gasteiger charge is -2.18. The van der Waals surface area contributed by atoms with Gasteiger partial charge in [-0.1, -0.05) is 12.1 Å². The molecule has 1 amide bonds. The molecule has 2 aromatic carbocycles. The van der Waals surface area contributed by atoms with E-state index in [2.05, 4.69) is 15.5 Å². The second-order valence-corrected chi connectivity index (χ2v) is 9.68. The number of hydrogen-bond acceptors (Lipinski definition) is 8. The third kappa shape index (κ3) is 6.35. The van der Waals surface area contributed by atoms with E-state index in [1.54, 1.807) is 41.3 Å². The summed E-state index contributed by atoms with van der Waals surface area (Å²) in [5.74, 6) is 0.273. The molecule has 4 rings (SSSR count). The molecule has 0 bridgehead atoms. The Balaban J connectivity index is 1.33. The van der Waals surface area contributed by atoms with Crippen molar-refractivity contribution >= 4 is 16.0 Å². The van der Waals surface area contributed by atoms with E-state index in [0.717, 1.165) is 18.2 Å². The van der Waals surface area contributed by atoms with Crippen molar-refractivity contribution in [1.29, 1.82) is 0 Å². The maximum Gasteiger partial charge on any atom is 0.264 e. The molecule has 10 nitrogen and oxygen atoms in total. The summed E-state index contributed by atoms with van der Waals surface area (Å²) in [6, 6.07) is 13.0. The quantitative estimate of drug-likeness (QED) is 0.418. The van der Waals surface area contributed by atoms with Crippen molar-refractivity contribution in [3.63, 3.8) is 0 Å². The number of aromatic nitrogens is 4. The fourth-order valence-corrected chi connectivity index (χ4v) is 4.46. The lowest BCUT2D eigenvalue weighted by atomic mass is 9.99. The van der Waals surface area contributed by atoms with E-state index in [9.17, 15) is 17.6 Å². The van der Waals surface area contributed by atoms with Crippen LogP contribution in [0.15, 0.2) is 54.9 Å². The summed E-state index contributed by atoms with van der Waals surface area (Å²) in [6.45, 7) is 1.22. The van der Waals surface area contributed by atoms with Crippen LogP contribution in [-0.2, 0) is 20.8 Å². The van der Waals surface area contributed by atoms with Gasteiger partial charge in [0.05, 0.1) is 12.8 Å². The Labute approximate surface area is 196 Å². The molecule has 1 saturated heterocycles. The average molecular weight is 490 g/mol. The third-order valence-electron chi connectivity index (χ3n) is 5.45. The molecule has 180 valence electrons. The first-order chi connectivity index (χ1) is 16.3. The molecule has 3 aromatic rings. The maximum absolute atomic E-state index is 13.2. The molecule has 1 fully saturated rings. The van der Waals surface area contributed by atoms with Crippen LogP contribution in [0.1, 0.15) is 28.3 Å². The fraction of sp³-hybridized carbons (Fsp3) is 0.364. The molecule has 34 heavy (non-hydrogen) atoms. The van der Waals surface area contributed by atoms with E-state index in [-0.39, 0.29) is 30.8 Å². The lowest BCUT2D eigenvalue weighted by Crippen LogP contribution is -2.30. The normalized spacial score (nSPS) is 17.0. The number of likely N-dealkylation sites (tertiary alicyclic amines) is 1. The second kappa shape index (κ2) is 10.3. The summed E-state index contributed by atoms with van der Waals surface area (Å²) in [4.78, 5) is 14.7. The van der Waals surface area contributed by atoms with Crippen LogP contribution in [0.25, 0.3) is 0 Å². The van der Waals surface area contributed by atoms with Gasteiger partial charge in [-0.05, 0) is 58.8 Å². The monoisotopic (exact) mass is 489 g/mol. The zero-order valence-corrected chi connectivity index (χ0v) is 19.3. The number of carbonyl (C=O) groups excluding carboxylic acids is 1. The predicted molar refractivity (Wildman–Crippen MR) is 119 cm³/mol. The van der Waals surface area contributed by atoms with Crippen LogP contribution in [0.2, 0.25) is 0 Å². The van der Waals surface area contributed by atoms with Crippen molar-refractivity contribution in [3.05, 3.63) is 71.8 Å². The Morgan fingerprint density at radius 1 is 1.18 bits per heavy atom. The van der Waals surface area contributed by atoms with Crippen LogP contribution >= 0.6 is 0 Å². The van der Waals surface area contributed by atoms with Gasteiger partial charge in [-0.3, -0.25) is 8.98 Å². The standard InChI is InChI=1S/C22H24FN5O5S/c1-34(30,31)33-21(13-28-15-24-25-26-28)14-32-20-8-4-17(5-9-20)22(29)27-11-10-18(12-27)16-2-6-19(23)7-3-16/h2-9,15,18,21H,10-14H2,1H3/t18-,21-/m0/s1. The van der Waals surface area contributed by atoms with Crippen molar-refractivity contribution in [2.45, 2.75) is 25.0 Å². The number of rotatable bonds is 9. The fourth-order valence-electron chi connectivity index (χ4n) is 3.85. The van der Waals surface area contributed by atoms with E-state index >= 15 is 0 Å². The summed E-state index contributed by atoms with van der Waals surface area (Å²) in [5, 5.41) is 10.7. The number of tetrazole rings is 1. The van der Waals surface area contributed by atoms with Gasteiger partial charge < -0.3 is 9.64 Å². The maximum atomic E-state index is 13.2. The molecule has 1 aliphatic rings. The first-order valence-electron chi connectivity index (χ1n) is 10.6. The van der Waals surface area contributed by atoms with Crippen molar-refractivity contribution in [3.8, 4) is 5.75 Å². The molecule has 0 spiro atoms. The molecule has 0 unspecified atom stereocenters. The molecule has 0 aliphatic carbocycles. The molecule has 0 saturated carbocycles. The van der Waals surface area contributed by atoms with E-state index in [0.29, 0.717) is 24.4 Å². The molecular weight excluding hydrogens is 465 g/mol. The van der Waals surface area contributed by atoms with Crippen molar-refractivity contribution in [1.82, 2.24) is 25.1 Å². The minimum absolute atomic E-state index is 0.0638. The number of amides is 1. The molecule has 12 heteroatoms. The van der Waals surface area contributed by atoms with Crippen LogP contribution in [0, 0.1) is 5.82 Å². The number of ether oxygens (including phenoxy) is 1. The van der Waals surface area contributed by atoms with Gasteiger partial charge in [0, 0.05) is 24.6 Å². The van der Waals surface area contributed by atoms with Crippen LogP contribution in [-0.4, -0.2) is 71.5 Å². The highest BCUT2D eigenvalue weighted by Gasteiger charge is 2.28. The highest BCUT2D eigenvalue weighted by molar-refractivity contribution is 7.86. The molecule has 1 aromatic heterocycles. The van der Waals surface area contributed by atoms with Gasteiger partial charge in [0.1, 0.15) is 30.6 Å². The highest BCUT2D eigenvalue weighted by atomic mass is 32.2. The zero-order valence-electron chi connectivity index (χ0n) is 18.4. The van der Waals surface area contributed by atoms with Crippen LogP contribution in [0.5, 0.6) is 5.75 Å². The Morgan fingerprint density at radius 3 is 2.56 bits per heavy atom. The minimum atomic E-state index is -3.72. The topological polar surface area (TPSA) is 117 Å². The average Bonchev–Trinajstić information content (AvgIpc) is 3.49. The molecule has 0 radical (unpaired) electrons. The Morgan fingerprint density at radius 2 is 1.91 bits per heavy atom. The van der Waals surface area contributed by atoms with Crippen molar-refractivity contribution in [2.75, 3.05) is 26.0 Å². The SMILES string of the molecule is CS(=O)(=O)O[C@H](COc1ccc(C(=O)N2CC[C@H](c3ccc(F)cc3)C2)cc1)Cn1cnnn1. The van der Waals surface area contributed by atoms with Gasteiger partial charge in [0.25, 0.3) is 16.0 Å². The van der Waals surface area contributed by atoms with E-state index in [4.69, 9.17) is 8.92 Å². The predicted octanol–water partition coefficient (Wildman–Crippen LogP) is 1.87. The first kappa shape index (κ1) is 23.8. The number of nitrogens with zero attached hydrogens (tertiary/aromatic N) is 5. The third-order valence-corrected chi connectivity index (χ3v) is 6.07. The summed E-state index contributed by atoms with van der Waals surface area (Å²) in [5.41, 5.74) is 1.54. The minimum Gasteiger partial charge on any atom is -0.491 e. The van der Waals surface area contributed by atoms with Crippen LogP contribution in [0.3, 0.4) is 0 Å². The smallest absolute Gasteiger partial charge is 0.264 e. The van der Waals surface area contributed by atoms with Gasteiger partial charge in [-0.2, -0.15) is 8.42 Å². The van der Waals surface area contributed by atoms with Gasteiger partial charge >= 0.3 is 0 Å². The first-order valence-corrected chi connectivity index (χ1v) is 12.4. The van der Waals surface area contributed by atoms with Crippen LogP contribution < -0.4 is 4.74 Å². The van der Waals surface area contributed by atoms with E-state index < -0.39 is 16.2 Å². The number of benzene rings is 2. The lowest BCUT2D eigenvalue weighted by molar-refractivity contribution is 0.0790. The van der Waals surface area contributed by atoms with Crippen LogP contribution in [0.4, 0.5) is 4.39 Å². The number of hydrogen-bond donors (Lipinski definition) is 0. The summed E-state index contributed by atoms with van der Waals surface area (Å²) >= 11 is 0. The Bertz CT molecular complexity index is 1200. The van der Waals surface area contributed by atoms with Crippen molar-refractivity contribution in [2.24, 2.45) is 0 Å². The number of halogens is 1. The van der Waals surface area contributed by atoms with Gasteiger partial charge in [-0.25, -0.2) is 9.07 Å². The highest BCUT2D eigenvalue weighted by Crippen LogP contribution is 2.28. The Hall–Kier alpha value is -3.38. The molecular formula is C22H24FN5O5S. The second-order valence-electron chi connectivity index (χ2n) is 8.08. The molecule has 1 aliphatic heterocycles. The summed E-state index contributed by atoms with van der Waals surface area (Å²) in [6.07, 6.45) is 2.28. The van der Waals surface area contributed by atoms with E-state index in [1.807, 2.05) is 0 Å². The molecule has 2 atom stereocenters. The zero-order chi connectivity index (χ0) is 24.1. The molecule has 0 N–H and O–H groups in total. The summed E-state index contributed by atoms with van der Waals surface area (Å²) in [7, 11) is -3.72. The summed E-state index contributed by atoms with van der Waals surface area (Å²) < 4.78 is 48.4. The van der Waals surface area contributed by atoms with Gasteiger partial charge in [0.15, 0.2) is 0 Å². The molecule has 2 heterocycles.